The molecule has 0 saturated heterocycles. The molecule has 0 rings (SSSR count). The van der Waals surface area contributed by atoms with E-state index >= 15 is 0 Å². The van der Waals surface area contributed by atoms with Gasteiger partial charge in [0.25, 0.3) is 0 Å². The van der Waals surface area contributed by atoms with Crippen LogP contribution in [-0.2, 0) is 14.3 Å². The van der Waals surface area contributed by atoms with Crippen LogP contribution in [-0.4, -0.2) is 50.8 Å². The Kier molecular flexibility index (Phi) is 8.33. The van der Waals surface area contributed by atoms with Crippen LogP contribution in [0.25, 0.3) is 0 Å². The lowest BCUT2D eigenvalue weighted by Crippen LogP contribution is -2.41. The van der Waals surface area contributed by atoms with Gasteiger partial charge in [0.15, 0.2) is 0 Å². The first-order valence-corrected chi connectivity index (χ1v) is 5.53. The molecule has 15 heavy (non-hydrogen) atoms. The van der Waals surface area contributed by atoms with E-state index in [1.807, 2.05) is 18.9 Å². The Balaban J connectivity index is 4.16. The minimum Gasteiger partial charge on any atom is -0.465 e. The SMILES string of the molecule is CCCC(C(=O)OCC)N(C)CCOC. The summed E-state index contributed by atoms with van der Waals surface area (Å²) in [6, 6.07) is -0.134. The zero-order valence-corrected chi connectivity index (χ0v) is 10.3. The largest absolute Gasteiger partial charge is 0.465 e. The van der Waals surface area contributed by atoms with Crippen LogP contribution in [0.2, 0.25) is 0 Å². The van der Waals surface area contributed by atoms with Gasteiger partial charge in [0, 0.05) is 13.7 Å². The van der Waals surface area contributed by atoms with Crippen molar-refractivity contribution >= 4 is 5.97 Å². The normalized spacial score (nSPS) is 12.9. The van der Waals surface area contributed by atoms with Gasteiger partial charge in [0.2, 0.25) is 0 Å². The van der Waals surface area contributed by atoms with E-state index in [0.717, 1.165) is 19.4 Å². The molecule has 0 aliphatic carbocycles. The topological polar surface area (TPSA) is 38.8 Å². The van der Waals surface area contributed by atoms with Gasteiger partial charge in [0.1, 0.15) is 6.04 Å². The van der Waals surface area contributed by atoms with Crippen molar-refractivity contribution in [3.8, 4) is 0 Å². The maximum atomic E-state index is 11.6. The van der Waals surface area contributed by atoms with E-state index in [-0.39, 0.29) is 12.0 Å². The second-order valence-corrected chi connectivity index (χ2v) is 3.53. The Morgan fingerprint density at radius 1 is 1.40 bits per heavy atom. The van der Waals surface area contributed by atoms with Crippen molar-refractivity contribution in [3.63, 3.8) is 0 Å². The third kappa shape index (κ3) is 5.74. The number of hydrogen-bond donors (Lipinski definition) is 0. The fraction of sp³-hybridized carbons (Fsp3) is 0.909. The third-order valence-corrected chi connectivity index (χ3v) is 2.30. The summed E-state index contributed by atoms with van der Waals surface area (Å²) in [4.78, 5) is 13.6. The van der Waals surface area contributed by atoms with Crippen molar-refractivity contribution in [1.82, 2.24) is 4.90 Å². The molecule has 0 aromatic rings. The number of likely N-dealkylation sites (N-methyl/N-ethyl adjacent to an activating group) is 1. The summed E-state index contributed by atoms with van der Waals surface area (Å²) < 4.78 is 10.0. The molecule has 0 fully saturated rings. The van der Waals surface area contributed by atoms with E-state index in [9.17, 15) is 4.79 Å². The van der Waals surface area contributed by atoms with Gasteiger partial charge in [-0.1, -0.05) is 13.3 Å². The molecule has 0 radical (unpaired) electrons. The number of esters is 1. The number of carbonyl (C=O) groups excluding carboxylic acids is 1. The van der Waals surface area contributed by atoms with E-state index in [0.29, 0.717) is 13.2 Å². The predicted molar refractivity (Wildman–Crippen MR) is 59.8 cm³/mol. The van der Waals surface area contributed by atoms with Crippen LogP contribution in [0.15, 0.2) is 0 Å². The maximum absolute atomic E-state index is 11.6. The molecule has 0 spiro atoms. The molecule has 0 N–H and O–H groups in total. The monoisotopic (exact) mass is 217 g/mol. The molecule has 0 heterocycles. The first-order valence-electron chi connectivity index (χ1n) is 5.53. The zero-order chi connectivity index (χ0) is 11.7. The summed E-state index contributed by atoms with van der Waals surface area (Å²) in [5.74, 6) is -0.127. The van der Waals surface area contributed by atoms with Crippen LogP contribution in [0.3, 0.4) is 0 Å². The van der Waals surface area contributed by atoms with Crippen molar-refractivity contribution in [2.45, 2.75) is 32.7 Å². The Hall–Kier alpha value is -0.610. The van der Waals surface area contributed by atoms with Gasteiger partial charge < -0.3 is 9.47 Å². The third-order valence-electron chi connectivity index (χ3n) is 2.30. The number of hydrogen-bond acceptors (Lipinski definition) is 4. The smallest absolute Gasteiger partial charge is 0.323 e. The van der Waals surface area contributed by atoms with E-state index in [1.165, 1.54) is 0 Å². The molecule has 90 valence electrons. The minimum atomic E-state index is -0.134. The first kappa shape index (κ1) is 14.4. The van der Waals surface area contributed by atoms with E-state index < -0.39 is 0 Å². The molecule has 0 bridgehead atoms. The number of methoxy groups -OCH3 is 1. The number of rotatable bonds is 8. The molecule has 0 aromatic heterocycles. The quantitative estimate of drug-likeness (QED) is 0.574. The average molecular weight is 217 g/mol. The zero-order valence-electron chi connectivity index (χ0n) is 10.3. The maximum Gasteiger partial charge on any atom is 0.323 e. The van der Waals surface area contributed by atoms with Crippen LogP contribution in [0, 0.1) is 0 Å². The lowest BCUT2D eigenvalue weighted by molar-refractivity contribution is -0.149. The van der Waals surface area contributed by atoms with Gasteiger partial charge in [-0.25, -0.2) is 0 Å². The fourth-order valence-electron chi connectivity index (χ4n) is 1.42. The molecule has 1 atom stereocenters. The highest BCUT2D eigenvalue weighted by Crippen LogP contribution is 2.07. The second kappa shape index (κ2) is 8.68. The van der Waals surface area contributed by atoms with Crippen molar-refractivity contribution in [3.05, 3.63) is 0 Å². The summed E-state index contributed by atoms with van der Waals surface area (Å²) in [7, 11) is 3.59. The lowest BCUT2D eigenvalue weighted by Gasteiger charge is -2.25. The average Bonchev–Trinajstić information content (AvgIpc) is 2.22. The van der Waals surface area contributed by atoms with Crippen molar-refractivity contribution in [1.29, 1.82) is 0 Å². The summed E-state index contributed by atoms with van der Waals surface area (Å²) in [5.41, 5.74) is 0. The van der Waals surface area contributed by atoms with Crippen molar-refractivity contribution in [2.24, 2.45) is 0 Å². The van der Waals surface area contributed by atoms with E-state index in [1.54, 1.807) is 7.11 Å². The van der Waals surface area contributed by atoms with Crippen LogP contribution >= 0.6 is 0 Å². The van der Waals surface area contributed by atoms with E-state index in [4.69, 9.17) is 9.47 Å². The first-order chi connectivity index (χ1) is 7.17. The fourth-order valence-corrected chi connectivity index (χ4v) is 1.42. The van der Waals surface area contributed by atoms with Gasteiger partial charge in [-0.15, -0.1) is 0 Å². The molecule has 0 aliphatic rings. The molecule has 0 aromatic carbocycles. The Morgan fingerprint density at radius 3 is 2.53 bits per heavy atom. The minimum absolute atomic E-state index is 0.127. The van der Waals surface area contributed by atoms with Gasteiger partial charge in [-0.2, -0.15) is 0 Å². The van der Waals surface area contributed by atoms with Crippen LogP contribution < -0.4 is 0 Å². The summed E-state index contributed by atoms with van der Waals surface area (Å²) in [5, 5.41) is 0. The molecular formula is C11H23NO3. The molecule has 0 aliphatic heterocycles. The summed E-state index contributed by atoms with van der Waals surface area (Å²) in [6.45, 7) is 5.72. The number of carbonyl (C=O) groups is 1. The summed E-state index contributed by atoms with van der Waals surface area (Å²) >= 11 is 0. The van der Waals surface area contributed by atoms with Gasteiger partial charge >= 0.3 is 5.97 Å². The van der Waals surface area contributed by atoms with Crippen LogP contribution in [0.1, 0.15) is 26.7 Å². The highest BCUT2D eigenvalue weighted by Gasteiger charge is 2.22. The highest BCUT2D eigenvalue weighted by atomic mass is 16.5. The summed E-state index contributed by atoms with van der Waals surface area (Å²) in [6.07, 6.45) is 1.81. The van der Waals surface area contributed by atoms with Crippen molar-refractivity contribution in [2.75, 3.05) is 33.9 Å². The van der Waals surface area contributed by atoms with Crippen LogP contribution in [0.4, 0.5) is 0 Å². The Bertz CT molecular complexity index is 173. The Labute approximate surface area is 92.5 Å². The second-order valence-electron chi connectivity index (χ2n) is 3.53. The molecular weight excluding hydrogens is 194 g/mol. The molecule has 4 nitrogen and oxygen atoms in total. The van der Waals surface area contributed by atoms with Crippen LogP contribution in [0.5, 0.6) is 0 Å². The van der Waals surface area contributed by atoms with E-state index in [2.05, 4.69) is 6.92 Å². The molecule has 0 saturated carbocycles. The Morgan fingerprint density at radius 2 is 2.07 bits per heavy atom. The highest BCUT2D eigenvalue weighted by molar-refractivity contribution is 5.75. The van der Waals surface area contributed by atoms with Crippen molar-refractivity contribution < 1.29 is 14.3 Å². The van der Waals surface area contributed by atoms with Gasteiger partial charge in [-0.3, -0.25) is 9.69 Å². The number of ether oxygens (including phenoxy) is 2. The number of nitrogens with zero attached hydrogens (tertiary/aromatic N) is 1. The predicted octanol–water partition coefficient (Wildman–Crippen LogP) is 1.30. The lowest BCUT2D eigenvalue weighted by atomic mass is 10.1. The standard InChI is InChI=1S/C11H23NO3/c1-5-7-10(11(13)15-6-2)12(3)8-9-14-4/h10H,5-9H2,1-4H3. The van der Waals surface area contributed by atoms with Gasteiger partial charge in [-0.05, 0) is 20.4 Å². The molecule has 1 unspecified atom stereocenters. The van der Waals surface area contributed by atoms with Gasteiger partial charge in [0.05, 0.1) is 13.2 Å². The molecule has 4 heteroatoms. The molecule has 0 amide bonds.